The normalized spacial score (nSPS) is 10.5. The Morgan fingerprint density at radius 3 is 2.62 bits per heavy atom. The SMILES string of the molecule is Cc1ccc(C)c(CC(=O)Nc2cc(Cl)cc(Cl)c2O)c1. The van der Waals surface area contributed by atoms with Gasteiger partial charge in [-0.05, 0) is 37.1 Å². The van der Waals surface area contributed by atoms with Crippen LogP contribution in [0.5, 0.6) is 5.75 Å². The molecule has 0 bridgehead atoms. The van der Waals surface area contributed by atoms with Crippen molar-refractivity contribution < 1.29 is 9.90 Å². The van der Waals surface area contributed by atoms with E-state index in [0.717, 1.165) is 16.7 Å². The highest BCUT2D eigenvalue weighted by Crippen LogP contribution is 2.35. The van der Waals surface area contributed by atoms with E-state index in [-0.39, 0.29) is 28.8 Å². The zero-order valence-electron chi connectivity index (χ0n) is 11.7. The summed E-state index contributed by atoms with van der Waals surface area (Å²) in [4.78, 5) is 12.1. The van der Waals surface area contributed by atoms with Crippen LogP contribution >= 0.6 is 23.2 Å². The van der Waals surface area contributed by atoms with E-state index in [0.29, 0.717) is 5.02 Å². The zero-order valence-corrected chi connectivity index (χ0v) is 13.2. The van der Waals surface area contributed by atoms with E-state index in [2.05, 4.69) is 5.32 Å². The van der Waals surface area contributed by atoms with Crippen LogP contribution in [-0.2, 0) is 11.2 Å². The van der Waals surface area contributed by atoms with Crippen LogP contribution in [0.4, 0.5) is 5.69 Å². The summed E-state index contributed by atoms with van der Waals surface area (Å²) in [6, 6.07) is 8.83. The van der Waals surface area contributed by atoms with Crippen molar-refractivity contribution >= 4 is 34.8 Å². The predicted molar refractivity (Wildman–Crippen MR) is 86.4 cm³/mol. The van der Waals surface area contributed by atoms with E-state index in [1.165, 1.54) is 12.1 Å². The number of aryl methyl sites for hydroxylation is 2. The first-order valence-electron chi connectivity index (χ1n) is 6.41. The first-order valence-corrected chi connectivity index (χ1v) is 7.16. The van der Waals surface area contributed by atoms with Gasteiger partial charge < -0.3 is 10.4 Å². The summed E-state index contributed by atoms with van der Waals surface area (Å²) in [7, 11) is 0. The van der Waals surface area contributed by atoms with Gasteiger partial charge in [-0.25, -0.2) is 0 Å². The number of phenols is 1. The van der Waals surface area contributed by atoms with Crippen molar-refractivity contribution in [2.45, 2.75) is 20.3 Å². The first-order chi connectivity index (χ1) is 9.86. The molecule has 0 fully saturated rings. The fourth-order valence-corrected chi connectivity index (χ4v) is 2.51. The molecule has 0 radical (unpaired) electrons. The number of phenolic OH excluding ortho intramolecular Hbond substituents is 1. The molecule has 0 atom stereocenters. The number of nitrogens with one attached hydrogen (secondary N) is 1. The first kappa shape index (κ1) is 15.7. The second kappa shape index (κ2) is 6.37. The van der Waals surface area contributed by atoms with Crippen molar-refractivity contribution in [2.24, 2.45) is 0 Å². The second-order valence-electron chi connectivity index (χ2n) is 4.94. The lowest BCUT2D eigenvalue weighted by molar-refractivity contribution is -0.115. The summed E-state index contributed by atoms with van der Waals surface area (Å²) in [5.41, 5.74) is 3.30. The van der Waals surface area contributed by atoms with Crippen molar-refractivity contribution in [3.8, 4) is 5.75 Å². The Balaban J connectivity index is 2.17. The number of amides is 1. The Morgan fingerprint density at radius 2 is 1.90 bits per heavy atom. The maximum atomic E-state index is 12.1. The quantitative estimate of drug-likeness (QED) is 0.817. The molecule has 0 aliphatic carbocycles. The largest absolute Gasteiger partial charge is 0.504 e. The van der Waals surface area contributed by atoms with Crippen LogP contribution < -0.4 is 5.32 Å². The van der Waals surface area contributed by atoms with Crippen molar-refractivity contribution in [1.29, 1.82) is 0 Å². The van der Waals surface area contributed by atoms with Crippen LogP contribution in [0.25, 0.3) is 0 Å². The van der Waals surface area contributed by atoms with E-state index in [9.17, 15) is 9.90 Å². The fraction of sp³-hybridized carbons (Fsp3) is 0.188. The summed E-state index contributed by atoms with van der Waals surface area (Å²) >= 11 is 11.7. The highest BCUT2D eigenvalue weighted by molar-refractivity contribution is 6.36. The summed E-state index contributed by atoms with van der Waals surface area (Å²) in [6.07, 6.45) is 0.219. The number of benzene rings is 2. The number of anilines is 1. The van der Waals surface area contributed by atoms with E-state index in [4.69, 9.17) is 23.2 Å². The summed E-state index contributed by atoms with van der Waals surface area (Å²) in [6.45, 7) is 3.93. The van der Waals surface area contributed by atoms with Crippen molar-refractivity contribution in [3.05, 3.63) is 57.1 Å². The van der Waals surface area contributed by atoms with Gasteiger partial charge in [0.25, 0.3) is 0 Å². The molecule has 5 heteroatoms. The molecule has 2 aromatic rings. The molecule has 0 aliphatic rings. The Bertz CT molecular complexity index is 699. The molecule has 0 saturated carbocycles. The molecule has 0 aromatic heterocycles. The van der Waals surface area contributed by atoms with Gasteiger partial charge >= 0.3 is 0 Å². The number of hydrogen-bond acceptors (Lipinski definition) is 2. The minimum atomic E-state index is -0.239. The molecule has 0 saturated heterocycles. The standard InChI is InChI=1S/C16H15Cl2NO2/c1-9-3-4-10(2)11(5-9)6-15(20)19-14-8-12(17)7-13(18)16(14)21/h3-5,7-8,21H,6H2,1-2H3,(H,19,20). The molecule has 2 N–H and O–H groups in total. The van der Waals surface area contributed by atoms with Gasteiger partial charge in [0.1, 0.15) is 0 Å². The van der Waals surface area contributed by atoms with Gasteiger partial charge in [-0.15, -0.1) is 0 Å². The minimum absolute atomic E-state index is 0.101. The summed E-state index contributed by atoms with van der Waals surface area (Å²) in [5, 5.41) is 12.9. The number of halogens is 2. The number of aromatic hydroxyl groups is 1. The lowest BCUT2D eigenvalue weighted by Gasteiger charge is -2.11. The van der Waals surface area contributed by atoms with Crippen LogP contribution in [0.15, 0.2) is 30.3 Å². The molecule has 0 unspecified atom stereocenters. The van der Waals surface area contributed by atoms with Crippen LogP contribution in [-0.4, -0.2) is 11.0 Å². The molecule has 0 spiro atoms. The van der Waals surface area contributed by atoms with Gasteiger partial charge in [0.05, 0.1) is 17.1 Å². The predicted octanol–water partition coefficient (Wildman–Crippen LogP) is 4.50. The van der Waals surface area contributed by atoms with Gasteiger partial charge in [-0.1, -0.05) is 47.0 Å². The van der Waals surface area contributed by atoms with E-state index < -0.39 is 0 Å². The van der Waals surface area contributed by atoms with Crippen LogP contribution in [0.3, 0.4) is 0 Å². The minimum Gasteiger partial charge on any atom is -0.504 e. The smallest absolute Gasteiger partial charge is 0.228 e. The molecule has 2 aromatic carbocycles. The van der Waals surface area contributed by atoms with Gasteiger partial charge in [0.2, 0.25) is 5.91 Å². The molecule has 1 amide bonds. The Morgan fingerprint density at radius 1 is 1.19 bits per heavy atom. The van der Waals surface area contributed by atoms with Crippen molar-refractivity contribution in [1.82, 2.24) is 0 Å². The highest BCUT2D eigenvalue weighted by Gasteiger charge is 2.12. The van der Waals surface area contributed by atoms with Crippen molar-refractivity contribution in [2.75, 3.05) is 5.32 Å². The van der Waals surface area contributed by atoms with Crippen LogP contribution in [0, 0.1) is 13.8 Å². The molecule has 2 rings (SSSR count). The topological polar surface area (TPSA) is 49.3 Å². The molecule has 0 aliphatic heterocycles. The Hall–Kier alpha value is -1.71. The van der Waals surface area contributed by atoms with E-state index in [1.807, 2.05) is 32.0 Å². The van der Waals surface area contributed by atoms with Gasteiger partial charge in [-0.3, -0.25) is 4.79 Å². The number of hydrogen-bond donors (Lipinski definition) is 2. The number of carbonyl (C=O) groups excluding carboxylic acids is 1. The third-order valence-electron chi connectivity index (χ3n) is 3.16. The van der Waals surface area contributed by atoms with Gasteiger partial charge in [0.15, 0.2) is 5.75 Å². The summed E-state index contributed by atoms with van der Waals surface area (Å²) in [5.74, 6) is -0.423. The summed E-state index contributed by atoms with van der Waals surface area (Å²) < 4.78 is 0. The van der Waals surface area contributed by atoms with Crippen LogP contribution in [0.1, 0.15) is 16.7 Å². The maximum Gasteiger partial charge on any atom is 0.228 e. The number of rotatable bonds is 3. The highest BCUT2D eigenvalue weighted by atomic mass is 35.5. The average Bonchev–Trinajstić information content (AvgIpc) is 2.39. The Labute approximate surface area is 133 Å². The molecule has 21 heavy (non-hydrogen) atoms. The fourth-order valence-electron chi connectivity index (χ4n) is 2.02. The zero-order chi connectivity index (χ0) is 15.6. The Kier molecular flexibility index (Phi) is 4.76. The monoisotopic (exact) mass is 323 g/mol. The van der Waals surface area contributed by atoms with E-state index >= 15 is 0 Å². The third kappa shape index (κ3) is 3.90. The molecular weight excluding hydrogens is 309 g/mol. The lowest BCUT2D eigenvalue weighted by Crippen LogP contribution is -2.15. The molecular formula is C16H15Cl2NO2. The second-order valence-corrected chi connectivity index (χ2v) is 5.78. The van der Waals surface area contributed by atoms with Crippen molar-refractivity contribution in [3.63, 3.8) is 0 Å². The molecule has 0 heterocycles. The lowest BCUT2D eigenvalue weighted by atomic mass is 10.0. The molecule has 110 valence electrons. The maximum absolute atomic E-state index is 12.1. The van der Waals surface area contributed by atoms with Gasteiger partial charge in [0, 0.05) is 5.02 Å². The third-order valence-corrected chi connectivity index (χ3v) is 3.66. The number of carbonyl (C=O) groups is 1. The van der Waals surface area contributed by atoms with Gasteiger partial charge in [-0.2, -0.15) is 0 Å². The van der Waals surface area contributed by atoms with Crippen LogP contribution in [0.2, 0.25) is 10.0 Å². The van der Waals surface area contributed by atoms with E-state index in [1.54, 1.807) is 0 Å². The molecule has 3 nitrogen and oxygen atoms in total. The average molecular weight is 324 g/mol.